The monoisotopic (exact) mass is 232 g/mol. The van der Waals surface area contributed by atoms with Gasteiger partial charge in [-0.2, -0.15) is 0 Å². The lowest BCUT2D eigenvalue weighted by molar-refractivity contribution is 0.158. The van der Waals surface area contributed by atoms with Crippen LogP contribution < -0.4 is 0 Å². The highest BCUT2D eigenvalue weighted by atomic mass is 19.2. The molecule has 0 bridgehead atoms. The summed E-state index contributed by atoms with van der Waals surface area (Å²) in [5.74, 6) is -3.64. The normalized spacial score (nSPS) is 13.2. The average molecular weight is 232 g/mol. The van der Waals surface area contributed by atoms with Crippen molar-refractivity contribution in [3.05, 3.63) is 35.1 Å². The van der Waals surface area contributed by atoms with Crippen LogP contribution >= 0.6 is 0 Å². The van der Waals surface area contributed by atoms with E-state index < -0.39 is 23.6 Å². The standard InChI is InChI=1S/C12H15F3O/c1-7(2)3-4-11(16)8-5-9(13)12(15)10(14)6-8/h5-7,11,16H,3-4H2,1-2H3. The molecule has 16 heavy (non-hydrogen) atoms. The van der Waals surface area contributed by atoms with Crippen molar-refractivity contribution in [3.63, 3.8) is 0 Å². The molecule has 0 amide bonds. The van der Waals surface area contributed by atoms with Gasteiger partial charge in [-0.3, -0.25) is 0 Å². The maximum atomic E-state index is 12.9. The largest absolute Gasteiger partial charge is 0.388 e. The third-order valence-electron chi connectivity index (χ3n) is 2.41. The number of aliphatic hydroxyl groups is 1. The molecule has 0 aromatic heterocycles. The minimum Gasteiger partial charge on any atom is -0.388 e. The van der Waals surface area contributed by atoms with Gasteiger partial charge in [0.25, 0.3) is 0 Å². The second-order valence-corrected chi connectivity index (χ2v) is 4.29. The van der Waals surface area contributed by atoms with Gasteiger partial charge in [0.05, 0.1) is 6.10 Å². The minimum absolute atomic E-state index is 0.0806. The summed E-state index contributed by atoms with van der Waals surface area (Å²) in [5.41, 5.74) is 0.0806. The van der Waals surface area contributed by atoms with E-state index in [0.717, 1.165) is 18.6 Å². The molecule has 0 radical (unpaired) electrons. The average Bonchev–Trinajstić information content (AvgIpc) is 2.21. The lowest BCUT2D eigenvalue weighted by atomic mass is 10.00. The van der Waals surface area contributed by atoms with Crippen LogP contribution in [-0.4, -0.2) is 5.11 Å². The van der Waals surface area contributed by atoms with Crippen molar-refractivity contribution in [1.29, 1.82) is 0 Å². The number of hydrogen-bond donors (Lipinski definition) is 1. The van der Waals surface area contributed by atoms with Gasteiger partial charge < -0.3 is 5.11 Å². The van der Waals surface area contributed by atoms with Crippen molar-refractivity contribution in [2.24, 2.45) is 5.92 Å². The van der Waals surface area contributed by atoms with Gasteiger partial charge in [-0.05, 0) is 36.5 Å². The van der Waals surface area contributed by atoms with Gasteiger partial charge in [0.15, 0.2) is 17.5 Å². The summed E-state index contributed by atoms with van der Waals surface area (Å²) in [7, 11) is 0. The van der Waals surface area contributed by atoms with Crippen LogP contribution in [0, 0.1) is 23.4 Å². The second-order valence-electron chi connectivity index (χ2n) is 4.29. The van der Waals surface area contributed by atoms with Gasteiger partial charge >= 0.3 is 0 Å². The lowest BCUT2D eigenvalue weighted by Crippen LogP contribution is -2.03. The molecule has 0 aliphatic rings. The highest BCUT2D eigenvalue weighted by molar-refractivity contribution is 5.21. The molecule has 1 nitrogen and oxygen atoms in total. The first-order valence-electron chi connectivity index (χ1n) is 5.24. The number of aliphatic hydroxyl groups excluding tert-OH is 1. The van der Waals surface area contributed by atoms with E-state index in [-0.39, 0.29) is 5.56 Å². The molecule has 1 aromatic rings. The summed E-state index contributed by atoms with van der Waals surface area (Å²) in [4.78, 5) is 0. The highest BCUT2D eigenvalue weighted by Gasteiger charge is 2.15. The molecular weight excluding hydrogens is 217 g/mol. The van der Waals surface area contributed by atoms with Crippen LogP contribution in [-0.2, 0) is 0 Å². The number of hydrogen-bond acceptors (Lipinski definition) is 1. The summed E-state index contributed by atoms with van der Waals surface area (Å²) in [6.07, 6.45) is 0.191. The minimum atomic E-state index is -1.50. The van der Waals surface area contributed by atoms with Crippen molar-refractivity contribution in [2.75, 3.05) is 0 Å². The molecular formula is C12H15F3O. The lowest BCUT2D eigenvalue weighted by Gasteiger charge is -2.13. The summed E-state index contributed by atoms with van der Waals surface area (Å²) >= 11 is 0. The van der Waals surface area contributed by atoms with Crippen LogP contribution in [0.4, 0.5) is 13.2 Å². The van der Waals surface area contributed by atoms with E-state index in [2.05, 4.69) is 0 Å². The number of rotatable bonds is 4. The molecule has 1 aromatic carbocycles. The van der Waals surface area contributed by atoms with Gasteiger partial charge in [-0.25, -0.2) is 13.2 Å². The predicted octanol–water partition coefficient (Wildman–Crippen LogP) is 3.57. The maximum Gasteiger partial charge on any atom is 0.194 e. The van der Waals surface area contributed by atoms with E-state index in [9.17, 15) is 18.3 Å². The van der Waals surface area contributed by atoms with Crippen molar-refractivity contribution in [3.8, 4) is 0 Å². The highest BCUT2D eigenvalue weighted by Crippen LogP contribution is 2.23. The summed E-state index contributed by atoms with van der Waals surface area (Å²) in [5, 5.41) is 9.65. The van der Waals surface area contributed by atoms with E-state index in [1.165, 1.54) is 0 Å². The van der Waals surface area contributed by atoms with Gasteiger partial charge in [-0.15, -0.1) is 0 Å². The zero-order valence-corrected chi connectivity index (χ0v) is 9.30. The van der Waals surface area contributed by atoms with Crippen molar-refractivity contribution in [1.82, 2.24) is 0 Å². The molecule has 0 saturated carbocycles. The van der Waals surface area contributed by atoms with Crippen LogP contribution in [0.5, 0.6) is 0 Å². The summed E-state index contributed by atoms with van der Waals surface area (Å²) in [6, 6.07) is 1.67. The van der Waals surface area contributed by atoms with Crippen molar-refractivity contribution in [2.45, 2.75) is 32.8 Å². The predicted molar refractivity (Wildman–Crippen MR) is 55.3 cm³/mol. The van der Waals surface area contributed by atoms with E-state index in [0.29, 0.717) is 12.3 Å². The van der Waals surface area contributed by atoms with Gasteiger partial charge in [0.1, 0.15) is 0 Å². The quantitative estimate of drug-likeness (QED) is 0.787. The first kappa shape index (κ1) is 13.0. The second kappa shape index (κ2) is 5.34. The van der Waals surface area contributed by atoms with Gasteiger partial charge in [0, 0.05) is 0 Å². The fraction of sp³-hybridized carbons (Fsp3) is 0.500. The smallest absolute Gasteiger partial charge is 0.194 e. The zero-order chi connectivity index (χ0) is 12.3. The number of benzene rings is 1. The van der Waals surface area contributed by atoms with Crippen molar-refractivity contribution < 1.29 is 18.3 Å². The Bertz CT molecular complexity index is 340. The van der Waals surface area contributed by atoms with Crippen molar-refractivity contribution >= 4 is 0 Å². The molecule has 0 spiro atoms. The Hall–Kier alpha value is -1.03. The molecule has 0 fully saturated rings. The van der Waals surface area contributed by atoms with E-state index in [4.69, 9.17) is 0 Å². The fourth-order valence-corrected chi connectivity index (χ4v) is 1.43. The molecule has 1 N–H and O–H groups in total. The molecule has 1 atom stereocenters. The SMILES string of the molecule is CC(C)CCC(O)c1cc(F)c(F)c(F)c1. The van der Waals surface area contributed by atoms with Crippen LogP contribution in [0.3, 0.4) is 0 Å². The first-order valence-corrected chi connectivity index (χ1v) is 5.24. The Morgan fingerprint density at radius 1 is 1.06 bits per heavy atom. The molecule has 1 rings (SSSR count). The van der Waals surface area contributed by atoms with Crippen LogP contribution in [0.2, 0.25) is 0 Å². The van der Waals surface area contributed by atoms with Gasteiger partial charge in [-0.1, -0.05) is 13.8 Å². The molecule has 0 heterocycles. The third kappa shape index (κ3) is 3.23. The van der Waals surface area contributed by atoms with Crippen LogP contribution in [0.1, 0.15) is 38.4 Å². The number of halogens is 3. The van der Waals surface area contributed by atoms with E-state index >= 15 is 0 Å². The summed E-state index contributed by atoms with van der Waals surface area (Å²) < 4.78 is 38.4. The molecule has 0 aliphatic carbocycles. The Morgan fingerprint density at radius 3 is 2.00 bits per heavy atom. The Morgan fingerprint density at radius 2 is 1.56 bits per heavy atom. The Balaban J connectivity index is 2.80. The molecule has 0 aliphatic heterocycles. The van der Waals surface area contributed by atoms with E-state index in [1.54, 1.807) is 0 Å². The molecule has 0 saturated heterocycles. The molecule has 1 unspecified atom stereocenters. The maximum absolute atomic E-state index is 12.9. The third-order valence-corrected chi connectivity index (χ3v) is 2.41. The van der Waals surface area contributed by atoms with E-state index in [1.807, 2.05) is 13.8 Å². The fourth-order valence-electron chi connectivity index (χ4n) is 1.43. The molecule has 90 valence electrons. The van der Waals surface area contributed by atoms with Gasteiger partial charge in [0.2, 0.25) is 0 Å². The topological polar surface area (TPSA) is 20.2 Å². The molecule has 4 heteroatoms. The summed E-state index contributed by atoms with van der Waals surface area (Å²) in [6.45, 7) is 3.97. The van der Waals surface area contributed by atoms with Crippen LogP contribution in [0.15, 0.2) is 12.1 Å². The zero-order valence-electron chi connectivity index (χ0n) is 9.30. The Labute approximate surface area is 92.9 Å². The Kier molecular flexibility index (Phi) is 4.35. The first-order chi connectivity index (χ1) is 7.41. The van der Waals surface area contributed by atoms with Crippen LogP contribution in [0.25, 0.3) is 0 Å².